The minimum Gasteiger partial charge on any atom is -0.385 e. The number of nitro benzene ring substituents is 2. The van der Waals surface area contributed by atoms with Crippen LogP contribution in [0.25, 0.3) is 0 Å². The monoisotopic (exact) mass is 400 g/mol. The molecule has 2 rings (SSSR count). The number of non-ortho nitro benzene ring substituents is 2. The van der Waals surface area contributed by atoms with Gasteiger partial charge in [-0.1, -0.05) is 19.3 Å². The highest BCUT2D eigenvalue weighted by atomic mass is 16.6. The molecule has 8 heteroatoms. The Morgan fingerprint density at radius 1 is 0.690 bits per heavy atom. The summed E-state index contributed by atoms with van der Waals surface area (Å²) in [4.78, 5) is 20.8. The van der Waals surface area contributed by atoms with Crippen LogP contribution in [0.4, 0.5) is 22.7 Å². The van der Waals surface area contributed by atoms with Crippen LogP contribution in [0.1, 0.15) is 43.2 Å². The Labute approximate surface area is 170 Å². The summed E-state index contributed by atoms with van der Waals surface area (Å²) in [6.45, 7) is 5.43. The Balaban J connectivity index is 1.57. The number of nitrogens with zero attached hydrogens (tertiary/aromatic N) is 2. The van der Waals surface area contributed by atoms with Gasteiger partial charge in [-0.25, -0.2) is 0 Å². The van der Waals surface area contributed by atoms with Gasteiger partial charge in [0, 0.05) is 48.7 Å². The molecule has 0 saturated heterocycles. The lowest BCUT2D eigenvalue weighted by Gasteiger charge is -2.10. The van der Waals surface area contributed by atoms with E-state index in [0.717, 1.165) is 67.7 Å². The van der Waals surface area contributed by atoms with E-state index in [0.29, 0.717) is 0 Å². The van der Waals surface area contributed by atoms with Crippen LogP contribution in [0.15, 0.2) is 36.4 Å². The zero-order valence-electron chi connectivity index (χ0n) is 16.9. The zero-order valence-corrected chi connectivity index (χ0v) is 16.9. The minimum atomic E-state index is -0.380. The van der Waals surface area contributed by atoms with Crippen LogP contribution in [0.3, 0.4) is 0 Å². The van der Waals surface area contributed by atoms with Gasteiger partial charge < -0.3 is 10.6 Å². The SMILES string of the molecule is Cc1cc([N+](=O)[O-])ccc1NCCCCCCCNc1ccc([N+](=O)[O-])cc1C. The molecule has 0 aliphatic heterocycles. The molecular formula is C21H28N4O4. The van der Waals surface area contributed by atoms with E-state index in [2.05, 4.69) is 10.6 Å². The lowest BCUT2D eigenvalue weighted by atomic mass is 10.1. The van der Waals surface area contributed by atoms with Crippen LogP contribution in [-0.4, -0.2) is 22.9 Å². The quantitative estimate of drug-likeness (QED) is 0.273. The molecule has 2 aromatic carbocycles. The van der Waals surface area contributed by atoms with E-state index < -0.39 is 0 Å². The molecule has 0 saturated carbocycles. The fourth-order valence-corrected chi connectivity index (χ4v) is 3.15. The van der Waals surface area contributed by atoms with Crippen LogP contribution in [0.5, 0.6) is 0 Å². The number of benzene rings is 2. The van der Waals surface area contributed by atoms with Crippen LogP contribution in [-0.2, 0) is 0 Å². The number of hydrogen-bond acceptors (Lipinski definition) is 6. The van der Waals surface area contributed by atoms with E-state index in [1.807, 2.05) is 13.8 Å². The van der Waals surface area contributed by atoms with Crippen molar-refractivity contribution in [1.82, 2.24) is 0 Å². The Hall–Kier alpha value is -3.16. The van der Waals surface area contributed by atoms with Crippen LogP contribution in [0, 0.1) is 34.1 Å². The molecule has 29 heavy (non-hydrogen) atoms. The Morgan fingerprint density at radius 2 is 1.07 bits per heavy atom. The second kappa shape index (κ2) is 11.0. The first kappa shape index (κ1) is 22.1. The predicted molar refractivity (Wildman–Crippen MR) is 116 cm³/mol. The first-order chi connectivity index (χ1) is 13.9. The third kappa shape index (κ3) is 7.06. The van der Waals surface area contributed by atoms with Crippen molar-refractivity contribution in [2.45, 2.75) is 46.0 Å². The summed E-state index contributed by atoms with van der Waals surface area (Å²) >= 11 is 0. The van der Waals surface area contributed by atoms with Crippen LogP contribution in [0.2, 0.25) is 0 Å². The van der Waals surface area contributed by atoms with Gasteiger partial charge in [-0.3, -0.25) is 20.2 Å². The number of nitrogens with one attached hydrogen (secondary N) is 2. The normalized spacial score (nSPS) is 10.6. The van der Waals surface area contributed by atoms with Crippen molar-refractivity contribution in [1.29, 1.82) is 0 Å². The van der Waals surface area contributed by atoms with Crippen molar-refractivity contribution < 1.29 is 9.85 Å². The standard InChI is InChI=1S/C21H28N4O4/c1-16-14-18(24(26)27)8-10-20(16)22-12-6-4-3-5-7-13-23-21-11-9-19(25(28)29)15-17(21)2/h8-11,14-15,22-23H,3-7,12-13H2,1-2H3. The van der Waals surface area contributed by atoms with Gasteiger partial charge in [0.2, 0.25) is 0 Å². The molecule has 2 N–H and O–H groups in total. The summed E-state index contributed by atoms with van der Waals surface area (Å²) in [6, 6.07) is 9.74. The molecule has 0 radical (unpaired) electrons. The van der Waals surface area contributed by atoms with E-state index in [4.69, 9.17) is 0 Å². The summed E-state index contributed by atoms with van der Waals surface area (Å²) in [5, 5.41) is 28.2. The average Bonchev–Trinajstić information content (AvgIpc) is 2.68. The van der Waals surface area contributed by atoms with Crippen molar-refractivity contribution in [3.8, 4) is 0 Å². The third-order valence-electron chi connectivity index (χ3n) is 4.83. The molecule has 0 aromatic heterocycles. The molecule has 0 amide bonds. The van der Waals surface area contributed by atoms with Gasteiger partial charge in [0.25, 0.3) is 11.4 Å². The molecule has 2 aromatic rings. The van der Waals surface area contributed by atoms with Crippen molar-refractivity contribution >= 4 is 22.7 Å². The van der Waals surface area contributed by atoms with Gasteiger partial charge in [0.05, 0.1) is 9.85 Å². The Kier molecular flexibility index (Phi) is 8.39. The molecule has 0 bridgehead atoms. The van der Waals surface area contributed by atoms with E-state index in [-0.39, 0.29) is 21.2 Å². The summed E-state index contributed by atoms with van der Waals surface area (Å²) in [7, 11) is 0. The smallest absolute Gasteiger partial charge is 0.269 e. The molecule has 0 unspecified atom stereocenters. The summed E-state index contributed by atoms with van der Waals surface area (Å²) in [6.07, 6.45) is 5.48. The molecule has 8 nitrogen and oxygen atoms in total. The Morgan fingerprint density at radius 3 is 1.41 bits per heavy atom. The topological polar surface area (TPSA) is 110 Å². The van der Waals surface area contributed by atoms with Gasteiger partial charge in [0.1, 0.15) is 0 Å². The van der Waals surface area contributed by atoms with E-state index in [1.54, 1.807) is 24.3 Å². The van der Waals surface area contributed by atoms with E-state index in [9.17, 15) is 20.2 Å². The fraction of sp³-hybridized carbons (Fsp3) is 0.429. The highest BCUT2D eigenvalue weighted by Gasteiger charge is 2.08. The second-order valence-corrected chi connectivity index (χ2v) is 7.13. The minimum absolute atomic E-state index is 0.116. The molecule has 0 atom stereocenters. The van der Waals surface area contributed by atoms with Crippen molar-refractivity contribution in [3.63, 3.8) is 0 Å². The molecule has 0 aliphatic carbocycles. The summed E-state index contributed by atoms with van der Waals surface area (Å²) < 4.78 is 0. The first-order valence-electron chi connectivity index (χ1n) is 9.86. The maximum Gasteiger partial charge on any atom is 0.269 e. The number of anilines is 2. The molecule has 0 aliphatic rings. The number of hydrogen-bond donors (Lipinski definition) is 2. The van der Waals surface area contributed by atoms with E-state index >= 15 is 0 Å². The first-order valence-corrected chi connectivity index (χ1v) is 9.86. The largest absolute Gasteiger partial charge is 0.385 e. The number of unbranched alkanes of at least 4 members (excludes halogenated alkanes) is 4. The fourth-order valence-electron chi connectivity index (χ4n) is 3.15. The number of rotatable bonds is 12. The average molecular weight is 400 g/mol. The molecule has 0 heterocycles. The Bertz CT molecular complexity index is 785. The summed E-state index contributed by atoms with van der Waals surface area (Å²) in [5.41, 5.74) is 3.88. The van der Waals surface area contributed by atoms with Crippen molar-refractivity contribution in [3.05, 3.63) is 67.8 Å². The van der Waals surface area contributed by atoms with Crippen LogP contribution >= 0.6 is 0 Å². The number of aryl methyl sites for hydroxylation is 2. The molecule has 0 fully saturated rings. The predicted octanol–water partition coefficient (Wildman–Crippen LogP) is 5.59. The van der Waals surface area contributed by atoms with Gasteiger partial charge in [-0.05, 0) is 49.9 Å². The van der Waals surface area contributed by atoms with Crippen molar-refractivity contribution in [2.75, 3.05) is 23.7 Å². The highest BCUT2D eigenvalue weighted by molar-refractivity contribution is 5.56. The molecule has 156 valence electrons. The maximum atomic E-state index is 10.8. The van der Waals surface area contributed by atoms with Crippen LogP contribution < -0.4 is 10.6 Å². The van der Waals surface area contributed by atoms with Gasteiger partial charge >= 0.3 is 0 Å². The highest BCUT2D eigenvalue weighted by Crippen LogP contribution is 2.22. The van der Waals surface area contributed by atoms with Gasteiger partial charge in [-0.2, -0.15) is 0 Å². The lowest BCUT2D eigenvalue weighted by Crippen LogP contribution is -2.04. The van der Waals surface area contributed by atoms with Gasteiger partial charge in [-0.15, -0.1) is 0 Å². The van der Waals surface area contributed by atoms with E-state index in [1.165, 1.54) is 12.1 Å². The lowest BCUT2D eigenvalue weighted by molar-refractivity contribution is -0.385. The van der Waals surface area contributed by atoms with Gasteiger partial charge in [0.15, 0.2) is 0 Å². The second-order valence-electron chi connectivity index (χ2n) is 7.13. The molecule has 0 spiro atoms. The number of nitro groups is 2. The van der Waals surface area contributed by atoms with Crippen molar-refractivity contribution in [2.24, 2.45) is 0 Å². The third-order valence-corrected chi connectivity index (χ3v) is 4.83. The molecular weight excluding hydrogens is 372 g/mol. The maximum absolute atomic E-state index is 10.8. The zero-order chi connectivity index (χ0) is 21.2. The summed E-state index contributed by atoms with van der Waals surface area (Å²) in [5.74, 6) is 0.